The number of carboxylic acid groups (broad SMARTS) is 1. The fraction of sp³-hybridized carbons (Fsp3) is 0.533. The van der Waals surface area contributed by atoms with Gasteiger partial charge in [-0.3, -0.25) is 4.79 Å². The molecule has 2 aliphatic rings. The van der Waals surface area contributed by atoms with E-state index >= 15 is 0 Å². The summed E-state index contributed by atoms with van der Waals surface area (Å²) in [7, 11) is -4.01. The van der Waals surface area contributed by atoms with Crippen molar-refractivity contribution in [1.82, 2.24) is 4.31 Å². The van der Waals surface area contributed by atoms with Crippen LogP contribution >= 0.6 is 0 Å². The number of benzene rings is 1. The fourth-order valence-corrected chi connectivity index (χ4v) is 5.63. The van der Waals surface area contributed by atoms with Crippen LogP contribution in [0.5, 0.6) is 0 Å². The number of hydrogen-bond acceptors (Lipinski definition) is 3. The van der Waals surface area contributed by atoms with Gasteiger partial charge in [-0.25, -0.2) is 12.8 Å². The second-order valence-corrected chi connectivity index (χ2v) is 7.84. The van der Waals surface area contributed by atoms with Crippen molar-refractivity contribution in [3.8, 4) is 0 Å². The quantitative estimate of drug-likeness (QED) is 0.924. The van der Waals surface area contributed by atoms with Crippen LogP contribution in [0.15, 0.2) is 29.2 Å². The van der Waals surface area contributed by atoms with Gasteiger partial charge in [-0.1, -0.05) is 18.9 Å². The first-order valence-electron chi connectivity index (χ1n) is 7.43. The van der Waals surface area contributed by atoms with E-state index in [0.717, 1.165) is 29.6 Å². The average Bonchev–Trinajstić information content (AvgIpc) is 2.87. The van der Waals surface area contributed by atoms with Gasteiger partial charge < -0.3 is 5.11 Å². The molecule has 3 rings (SSSR count). The first-order chi connectivity index (χ1) is 10.4. The Morgan fingerprint density at radius 1 is 1.27 bits per heavy atom. The van der Waals surface area contributed by atoms with Crippen LogP contribution in [0.1, 0.15) is 32.1 Å². The van der Waals surface area contributed by atoms with Crippen molar-refractivity contribution in [2.75, 3.05) is 0 Å². The number of rotatable bonds is 3. The molecule has 0 aromatic heterocycles. The lowest BCUT2D eigenvalue weighted by Crippen LogP contribution is -2.46. The van der Waals surface area contributed by atoms with Gasteiger partial charge in [0.25, 0.3) is 0 Å². The molecule has 1 aliphatic carbocycles. The number of nitrogens with zero attached hydrogens (tertiary/aromatic N) is 1. The minimum atomic E-state index is -4.01. The van der Waals surface area contributed by atoms with Gasteiger partial charge in [0.15, 0.2) is 0 Å². The molecular formula is C15H18FNO4S. The first-order valence-corrected chi connectivity index (χ1v) is 8.87. The molecule has 1 N–H and O–H groups in total. The van der Waals surface area contributed by atoms with E-state index in [9.17, 15) is 22.7 Å². The minimum absolute atomic E-state index is 0.0817. The Labute approximate surface area is 128 Å². The van der Waals surface area contributed by atoms with E-state index in [1.807, 2.05) is 0 Å². The average molecular weight is 327 g/mol. The zero-order chi connectivity index (χ0) is 15.9. The Bertz CT molecular complexity index is 691. The number of carboxylic acids is 1. The Morgan fingerprint density at radius 2 is 2.00 bits per heavy atom. The van der Waals surface area contributed by atoms with E-state index in [0.29, 0.717) is 12.8 Å². The van der Waals surface area contributed by atoms with E-state index in [1.54, 1.807) is 0 Å². The SMILES string of the molecule is O=C(O)C1CC2CCCCC2N1S(=O)(=O)c1cccc(F)c1. The molecule has 0 amide bonds. The zero-order valence-corrected chi connectivity index (χ0v) is 12.8. The summed E-state index contributed by atoms with van der Waals surface area (Å²) in [5.41, 5.74) is 0. The number of halogens is 1. The summed E-state index contributed by atoms with van der Waals surface area (Å²) >= 11 is 0. The largest absolute Gasteiger partial charge is 0.480 e. The van der Waals surface area contributed by atoms with Gasteiger partial charge in [-0.15, -0.1) is 0 Å². The molecule has 1 saturated carbocycles. The summed E-state index contributed by atoms with van der Waals surface area (Å²) in [6, 6.07) is 3.41. The van der Waals surface area contributed by atoms with Crippen molar-refractivity contribution in [2.45, 2.75) is 49.1 Å². The molecular weight excluding hydrogens is 309 g/mol. The molecule has 5 nitrogen and oxygen atoms in total. The smallest absolute Gasteiger partial charge is 0.322 e. The van der Waals surface area contributed by atoms with E-state index < -0.39 is 27.9 Å². The van der Waals surface area contributed by atoms with Crippen molar-refractivity contribution in [1.29, 1.82) is 0 Å². The van der Waals surface area contributed by atoms with Crippen molar-refractivity contribution >= 4 is 16.0 Å². The topological polar surface area (TPSA) is 74.7 Å². The number of aliphatic carboxylic acids is 1. The standard InChI is InChI=1S/C15H18FNO4S/c16-11-5-3-6-12(9-11)22(20,21)17-13-7-2-1-4-10(13)8-14(17)15(18)19/h3,5-6,9-10,13-14H,1-2,4,7-8H2,(H,18,19). The lowest BCUT2D eigenvalue weighted by molar-refractivity contribution is -0.141. The van der Waals surface area contributed by atoms with Gasteiger partial charge in [0.1, 0.15) is 11.9 Å². The highest BCUT2D eigenvalue weighted by Gasteiger charge is 2.51. The number of fused-ring (bicyclic) bond motifs is 1. The van der Waals surface area contributed by atoms with Gasteiger partial charge in [-0.05, 0) is 43.4 Å². The molecule has 1 saturated heterocycles. The molecule has 1 heterocycles. The normalized spacial score (nSPS) is 29.2. The Hall–Kier alpha value is -1.47. The lowest BCUT2D eigenvalue weighted by Gasteiger charge is -2.32. The maximum Gasteiger partial charge on any atom is 0.322 e. The van der Waals surface area contributed by atoms with Crippen LogP contribution in [0.3, 0.4) is 0 Å². The van der Waals surface area contributed by atoms with Crippen LogP contribution in [0.2, 0.25) is 0 Å². The maximum absolute atomic E-state index is 13.4. The molecule has 7 heteroatoms. The van der Waals surface area contributed by atoms with E-state index in [4.69, 9.17) is 0 Å². The van der Waals surface area contributed by atoms with Crippen LogP contribution in [-0.2, 0) is 14.8 Å². The van der Waals surface area contributed by atoms with E-state index in [-0.39, 0.29) is 16.9 Å². The fourth-order valence-electron chi connectivity index (χ4n) is 3.72. The molecule has 3 unspecified atom stereocenters. The van der Waals surface area contributed by atoms with E-state index in [2.05, 4.69) is 0 Å². The Balaban J connectivity index is 2.04. The predicted molar refractivity (Wildman–Crippen MR) is 77.2 cm³/mol. The van der Waals surface area contributed by atoms with Gasteiger partial charge in [0.2, 0.25) is 10.0 Å². The summed E-state index contributed by atoms with van der Waals surface area (Å²) in [4.78, 5) is 11.3. The first kappa shape index (κ1) is 15.4. The molecule has 0 bridgehead atoms. The molecule has 3 atom stereocenters. The van der Waals surface area contributed by atoms with Crippen molar-refractivity contribution in [3.05, 3.63) is 30.1 Å². The second kappa shape index (κ2) is 5.62. The third-order valence-electron chi connectivity index (χ3n) is 4.69. The summed E-state index contributed by atoms with van der Waals surface area (Å²) in [5, 5.41) is 9.42. The number of carbonyl (C=O) groups is 1. The zero-order valence-electron chi connectivity index (χ0n) is 12.0. The summed E-state index contributed by atoms with van der Waals surface area (Å²) in [5.74, 6) is -1.69. The Kier molecular flexibility index (Phi) is 3.94. The number of hydrogen-bond donors (Lipinski definition) is 1. The molecule has 2 fully saturated rings. The third-order valence-corrected chi connectivity index (χ3v) is 6.62. The summed E-state index contributed by atoms with van der Waals surface area (Å²) in [6.45, 7) is 0. The lowest BCUT2D eigenvalue weighted by atomic mass is 9.85. The van der Waals surface area contributed by atoms with Crippen LogP contribution in [0, 0.1) is 11.7 Å². The molecule has 1 aromatic carbocycles. The van der Waals surface area contributed by atoms with Crippen LogP contribution in [-0.4, -0.2) is 35.9 Å². The molecule has 1 aromatic rings. The molecule has 0 spiro atoms. The number of sulfonamides is 1. The highest BCUT2D eigenvalue weighted by atomic mass is 32.2. The monoisotopic (exact) mass is 327 g/mol. The predicted octanol–water partition coefficient (Wildman–Crippen LogP) is 2.23. The second-order valence-electron chi connectivity index (χ2n) is 5.99. The molecule has 1 aliphatic heterocycles. The maximum atomic E-state index is 13.4. The molecule has 0 radical (unpaired) electrons. The van der Waals surface area contributed by atoms with Gasteiger partial charge in [-0.2, -0.15) is 4.31 Å². The minimum Gasteiger partial charge on any atom is -0.480 e. The summed E-state index contributed by atoms with van der Waals surface area (Å²) in [6.07, 6.45) is 3.76. The highest BCUT2D eigenvalue weighted by Crippen LogP contribution is 2.42. The third kappa shape index (κ3) is 2.52. The van der Waals surface area contributed by atoms with Crippen LogP contribution in [0.4, 0.5) is 4.39 Å². The van der Waals surface area contributed by atoms with Gasteiger partial charge in [0, 0.05) is 6.04 Å². The summed E-state index contributed by atoms with van der Waals surface area (Å²) < 4.78 is 40.2. The van der Waals surface area contributed by atoms with Gasteiger partial charge >= 0.3 is 5.97 Å². The van der Waals surface area contributed by atoms with Crippen molar-refractivity contribution < 1.29 is 22.7 Å². The Morgan fingerprint density at radius 3 is 2.68 bits per heavy atom. The van der Waals surface area contributed by atoms with Crippen molar-refractivity contribution in [3.63, 3.8) is 0 Å². The molecule has 120 valence electrons. The molecule has 22 heavy (non-hydrogen) atoms. The van der Waals surface area contributed by atoms with Crippen LogP contribution in [0.25, 0.3) is 0 Å². The van der Waals surface area contributed by atoms with E-state index in [1.165, 1.54) is 18.2 Å². The van der Waals surface area contributed by atoms with Crippen LogP contribution < -0.4 is 0 Å². The van der Waals surface area contributed by atoms with Crippen molar-refractivity contribution in [2.24, 2.45) is 5.92 Å². The highest BCUT2D eigenvalue weighted by molar-refractivity contribution is 7.89. The van der Waals surface area contributed by atoms with Gasteiger partial charge in [0.05, 0.1) is 4.90 Å².